The number of rotatable bonds is 32. The number of nitrogen functional groups attached to an aromatic ring is 4. The summed E-state index contributed by atoms with van der Waals surface area (Å²) in [5, 5.41) is 48.4. The van der Waals surface area contributed by atoms with Crippen molar-refractivity contribution in [3.05, 3.63) is 356 Å². The summed E-state index contributed by atoms with van der Waals surface area (Å²) in [5.41, 5.74) is 26.3. The van der Waals surface area contributed by atoms with Crippen molar-refractivity contribution in [2.75, 3.05) is 33.6 Å². The van der Waals surface area contributed by atoms with Crippen LogP contribution in [-0.4, -0.2) is 73.8 Å². The van der Waals surface area contributed by atoms with Crippen molar-refractivity contribution in [3.63, 3.8) is 0 Å². The summed E-state index contributed by atoms with van der Waals surface area (Å²) in [7, 11) is 0. The summed E-state index contributed by atoms with van der Waals surface area (Å²) in [6.45, 7) is 9.24. The van der Waals surface area contributed by atoms with Crippen LogP contribution in [0.25, 0.3) is 0 Å². The Kier molecular flexibility index (Phi) is 34.9. The Morgan fingerprint density at radius 2 is 0.661 bits per heavy atom. The highest BCUT2D eigenvalue weighted by molar-refractivity contribution is 5.96. The number of amides is 2. The highest BCUT2D eigenvalue weighted by atomic mass is 16.6. The fourth-order valence-corrected chi connectivity index (χ4v) is 13.3. The number of anilines is 6. The molecular formula is C87H101N19O18. The van der Waals surface area contributed by atoms with Gasteiger partial charge in [-0.15, -0.1) is 0 Å². The number of carbonyl (C=O) groups excluding carboxylic acids is 2. The SMILES string of the molecule is C.C.CCCn1c(=O)c(N)c(N)n(CCc2ccc([N+](=O)[O-])cc2)c1=O.CCCn1c(=O)c(N)c(NC(=O)Cc2ccccc2)n(CCc2ccc([N+](=O)[O-])cc2)c1=O.CCCn1c(=O)c(NC(=O)Cc2ccccc2)c(N)n(CCc2ccc([N+](=O)[O-])cc2)c1=O.CCCn1c(=O)c2c(n(CCc3ccc([N+](=O)[O-])cc3)c1=O)N=C(Cc1ccccc1)C2. The first-order chi connectivity index (χ1) is 58.5. The van der Waals surface area contributed by atoms with Crippen molar-refractivity contribution in [1.82, 2.24) is 36.5 Å². The van der Waals surface area contributed by atoms with Crippen LogP contribution in [0.4, 0.5) is 63.1 Å². The predicted molar refractivity (Wildman–Crippen MR) is 478 cm³/mol. The number of nitrogens with one attached hydrogen (secondary N) is 2. The van der Waals surface area contributed by atoms with Gasteiger partial charge in [0.15, 0.2) is 0 Å². The molecular weight excluding hydrogens is 1600 g/mol. The fraction of sp³-hybridized carbons (Fsp3) is 0.299. The van der Waals surface area contributed by atoms with Crippen LogP contribution in [0, 0.1) is 40.5 Å². The van der Waals surface area contributed by atoms with Gasteiger partial charge in [-0.05, 0) is 90.3 Å². The third kappa shape index (κ3) is 24.5. The number of aryl methyl sites for hydroxylation is 4. The van der Waals surface area contributed by atoms with E-state index < -0.39 is 65.3 Å². The van der Waals surface area contributed by atoms with Crippen LogP contribution in [0.2, 0.25) is 0 Å². The van der Waals surface area contributed by atoms with Gasteiger partial charge in [-0.1, -0.05) is 182 Å². The fourth-order valence-electron chi connectivity index (χ4n) is 13.3. The van der Waals surface area contributed by atoms with Crippen molar-refractivity contribution in [2.45, 2.75) is 172 Å². The topological polar surface area (TPSA) is 523 Å². The molecule has 5 heterocycles. The molecule has 0 fully saturated rings. The van der Waals surface area contributed by atoms with Gasteiger partial charge in [-0.2, -0.15) is 0 Å². The maximum atomic E-state index is 13.1. The number of aliphatic imine (C=N–C) groups is 1. The van der Waals surface area contributed by atoms with E-state index in [2.05, 4.69) is 10.6 Å². The molecule has 0 atom stereocenters. The number of benzene rings is 7. The molecule has 0 saturated carbocycles. The van der Waals surface area contributed by atoms with Gasteiger partial charge in [-0.25, -0.2) is 24.2 Å². The molecule has 2 amide bonds. The molecule has 11 aromatic rings. The number of fused-ring (bicyclic) bond motifs is 1. The highest BCUT2D eigenvalue weighted by Crippen LogP contribution is 2.26. The minimum absolute atomic E-state index is 0. The molecule has 1 aliphatic rings. The van der Waals surface area contributed by atoms with Gasteiger partial charge < -0.3 is 33.6 Å². The standard InChI is InChI=1S/C24H24N4O4.2C23H25N5O5.C15H19N5O4.2CH4/c1-2-13-27-23(29)21-16-19(15-18-6-4-3-5-7-18)25-22(21)26(24(27)30)14-12-17-8-10-20(11-9-17)28(31)32;1-2-13-27-22(30)20(25-19(29)15-17-6-4-3-5-7-17)21(24)26(23(27)31)14-12-16-8-10-18(11-9-16)28(32)33;1-2-13-27-22(30)20(24)21(25-19(29)15-17-6-4-3-5-7-17)26(23(27)31)14-12-16-8-10-18(11-9-16)28(32)33;1-2-8-19-14(21)12(16)13(17)18(15(19)22)9-7-10-3-5-11(6-4-10)20(23)24;;/h3-11H,2,12-16H2,1H3;2*3-11H,2,12-15,24H2,1H3,(H,25,29);3-6H,2,7-9,16-17H2,1H3;2*1H4. The average molecular weight is 1700 g/mol. The number of hydrogen-bond acceptors (Lipinski definition) is 23. The largest absolute Gasteiger partial charge is 0.391 e. The summed E-state index contributed by atoms with van der Waals surface area (Å²) in [6.07, 6.45) is 5.15. The molecule has 0 unspecified atom stereocenters. The smallest absolute Gasteiger partial charge is 0.332 e. The van der Waals surface area contributed by atoms with E-state index in [-0.39, 0.29) is 135 Å². The second kappa shape index (κ2) is 45.2. The monoisotopic (exact) mass is 1700 g/mol. The Morgan fingerprint density at radius 1 is 0.355 bits per heavy atom. The molecule has 0 aliphatic carbocycles. The second-order valence-corrected chi connectivity index (χ2v) is 28.3. The van der Waals surface area contributed by atoms with Crippen molar-refractivity contribution < 1.29 is 29.3 Å². The van der Waals surface area contributed by atoms with E-state index in [0.717, 1.165) is 58.4 Å². The zero-order chi connectivity index (χ0) is 88.4. The molecule has 12 rings (SSSR count). The first-order valence-electron chi connectivity index (χ1n) is 39.2. The van der Waals surface area contributed by atoms with Crippen LogP contribution in [0.15, 0.2) is 231 Å². The normalized spacial score (nSPS) is 11.0. The minimum atomic E-state index is -0.650. The Labute approximate surface area is 710 Å². The van der Waals surface area contributed by atoms with Gasteiger partial charge in [-0.3, -0.25) is 106 Å². The summed E-state index contributed by atoms with van der Waals surface area (Å²) in [5.74, 6) is -0.613. The average Bonchev–Trinajstić information content (AvgIpc) is 1.56. The Hall–Kier alpha value is -15.3. The van der Waals surface area contributed by atoms with E-state index >= 15 is 0 Å². The first-order valence-corrected chi connectivity index (χ1v) is 39.2. The molecule has 1 aliphatic heterocycles. The zero-order valence-corrected chi connectivity index (χ0v) is 67.5. The molecule has 10 N–H and O–H groups in total. The lowest BCUT2D eigenvalue weighted by Gasteiger charge is -2.18. The zero-order valence-electron chi connectivity index (χ0n) is 67.5. The molecule has 4 aromatic heterocycles. The molecule has 0 saturated heterocycles. The molecule has 37 nitrogen and oxygen atoms in total. The van der Waals surface area contributed by atoms with Crippen LogP contribution < -0.4 is 78.6 Å². The third-order valence-corrected chi connectivity index (χ3v) is 19.6. The van der Waals surface area contributed by atoms with E-state index in [1.807, 2.05) is 94.4 Å². The van der Waals surface area contributed by atoms with Crippen LogP contribution in [0.3, 0.4) is 0 Å². The molecule has 0 radical (unpaired) electrons. The predicted octanol–water partition coefficient (Wildman–Crippen LogP) is 10.1. The van der Waals surface area contributed by atoms with E-state index in [1.165, 1.54) is 66.8 Å². The molecule has 0 bridgehead atoms. The number of hydrogen-bond donors (Lipinski definition) is 6. The Balaban J connectivity index is 0.000000227. The minimum Gasteiger partial charge on any atom is -0.391 e. The summed E-state index contributed by atoms with van der Waals surface area (Å²) < 4.78 is 9.84. The lowest BCUT2D eigenvalue weighted by Crippen LogP contribution is -2.43. The van der Waals surface area contributed by atoms with Gasteiger partial charge >= 0.3 is 22.8 Å². The maximum Gasteiger partial charge on any atom is 0.332 e. The quantitative estimate of drug-likeness (QED) is 0.0168. The van der Waals surface area contributed by atoms with E-state index in [0.29, 0.717) is 88.7 Å². The first kappa shape index (κ1) is 95.8. The van der Waals surface area contributed by atoms with Crippen LogP contribution >= 0.6 is 0 Å². The van der Waals surface area contributed by atoms with Crippen molar-refractivity contribution >= 4 is 80.6 Å². The van der Waals surface area contributed by atoms with Crippen molar-refractivity contribution in [3.8, 4) is 0 Å². The van der Waals surface area contributed by atoms with Gasteiger partial charge in [0.25, 0.3) is 45.0 Å². The number of nitro groups is 4. The lowest BCUT2D eigenvalue weighted by molar-refractivity contribution is -0.385. The number of nitro benzene ring substituents is 4. The second-order valence-electron chi connectivity index (χ2n) is 28.3. The Bertz CT molecular complexity index is 6180. The van der Waals surface area contributed by atoms with Crippen molar-refractivity contribution in [2.24, 2.45) is 4.99 Å². The number of aromatic nitrogens is 8. The van der Waals surface area contributed by atoms with Gasteiger partial charge in [0.1, 0.15) is 40.3 Å². The molecule has 7 aromatic carbocycles. The number of nitrogens with two attached hydrogens (primary N) is 4. The summed E-state index contributed by atoms with van der Waals surface area (Å²) in [6, 6.07) is 52.3. The third-order valence-electron chi connectivity index (χ3n) is 19.6. The van der Waals surface area contributed by atoms with Crippen molar-refractivity contribution in [1.29, 1.82) is 0 Å². The number of carbonyl (C=O) groups is 2. The summed E-state index contributed by atoms with van der Waals surface area (Å²) >= 11 is 0. The lowest BCUT2D eigenvalue weighted by atomic mass is 10.1. The summed E-state index contributed by atoms with van der Waals surface area (Å²) in [4.78, 5) is 173. The van der Waals surface area contributed by atoms with Crippen LogP contribution in [-0.2, 0) is 113 Å². The molecule has 37 heteroatoms. The van der Waals surface area contributed by atoms with E-state index in [4.69, 9.17) is 27.9 Å². The van der Waals surface area contributed by atoms with Gasteiger partial charge in [0, 0.05) is 119 Å². The van der Waals surface area contributed by atoms with Gasteiger partial charge in [0.2, 0.25) is 11.8 Å². The highest BCUT2D eigenvalue weighted by Gasteiger charge is 2.27. The molecule has 652 valence electrons. The Morgan fingerprint density at radius 3 is 1.03 bits per heavy atom. The van der Waals surface area contributed by atoms with E-state index in [9.17, 15) is 88.4 Å². The molecule has 124 heavy (non-hydrogen) atoms. The van der Waals surface area contributed by atoms with E-state index in [1.54, 1.807) is 77.4 Å². The number of nitrogens with zero attached hydrogens (tertiary/aromatic N) is 13. The van der Waals surface area contributed by atoms with Gasteiger partial charge in [0.05, 0.1) is 38.1 Å². The van der Waals surface area contributed by atoms with Crippen LogP contribution in [0.5, 0.6) is 0 Å². The maximum absolute atomic E-state index is 13.1. The van der Waals surface area contributed by atoms with Crippen LogP contribution in [0.1, 0.15) is 113 Å². The molecule has 0 spiro atoms. The number of non-ortho nitro benzene ring substituents is 4.